The highest BCUT2D eigenvalue weighted by Gasteiger charge is 2.18. The average Bonchev–Trinajstić information content (AvgIpc) is 3.33. The molecule has 0 saturated heterocycles. The van der Waals surface area contributed by atoms with E-state index in [1.54, 1.807) is 87.6 Å². The van der Waals surface area contributed by atoms with Crippen molar-refractivity contribution in [3.8, 4) is 22.7 Å². The molecule has 7 nitrogen and oxygen atoms in total. The van der Waals surface area contributed by atoms with Crippen molar-refractivity contribution in [2.75, 3.05) is 11.9 Å². The second kappa shape index (κ2) is 11.2. The largest absolute Gasteiger partial charge is 0.456 e. The van der Waals surface area contributed by atoms with Crippen LogP contribution in [-0.4, -0.2) is 34.0 Å². The molecule has 0 unspecified atom stereocenters. The van der Waals surface area contributed by atoms with Crippen molar-refractivity contribution in [3.05, 3.63) is 88.0 Å². The summed E-state index contributed by atoms with van der Waals surface area (Å²) in [4.78, 5) is 29.1. The molecular formula is C28H25Cl2N3O4. The first kappa shape index (κ1) is 26.4. The van der Waals surface area contributed by atoms with Crippen LogP contribution in [0.2, 0.25) is 10.0 Å². The van der Waals surface area contributed by atoms with Gasteiger partial charge in [0.2, 0.25) is 0 Å². The fraction of sp³-hybridized carbons (Fsp3) is 0.214. The number of aromatic nitrogens is 2. The number of ketones is 1. The Bertz CT molecular complexity index is 1410. The summed E-state index contributed by atoms with van der Waals surface area (Å²) in [7, 11) is 0. The first-order chi connectivity index (χ1) is 17.6. The second-order valence-electron chi connectivity index (χ2n) is 9.28. The smallest absolute Gasteiger partial charge is 0.338 e. The van der Waals surface area contributed by atoms with Crippen molar-refractivity contribution >= 4 is 40.6 Å². The van der Waals surface area contributed by atoms with E-state index in [2.05, 4.69) is 15.5 Å². The van der Waals surface area contributed by atoms with E-state index in [0.717, 1.165) is 5.69 Å². The summed E-state index contributed by atoms with van der Waals surface area (Å²) in [6.45, 7) is 5.83. The maximum Gasteiger partial charge on any atom is 0.338 e. The molecule has 2 aromatic heterocycles. The van der Waals surface area contributed by atoms with Gasteiger partial charge in [-0.25, -0.2) is 4.79 Å². The van der Waals surface area contributed by atoms with E-state index < -0.39 is 11.6 Å². The van der Waals surface area contributed by atoms with Crippen LogP contribution in [0.25, 0.3) is 22.7 Å². The van der Waals surface area contributed by atoms with E-state index in [4.69, 9.17) is 32.5 Å². The Kier molecular flexibility index (Phi) is 7.95. The zero-order chi connectivity index (χ0) is 26.6. The molecule has 0 radical (unpaired) electrons. The molecule has 37 heavy (non-hydrogen) atoms. The predicted molar refractivity (Wildman–Crippen MR) is 144 cm³/mol. The van der Waals surface area contributed by atoms with Gasteiger partial charge in [-0.15, -0.1) is 0 Å². The monoisotopic (exact) mass is 537 g/mol. The summed E-state index contributed by atoms with van der Waals surface area (Å²) in [5.74, 6) is -0.0136. The molecule has 2 heterocycles. The summed E-state index contributed by atoms with van der Waals surface area (Å²) < 4.78 is 10.8. The number of hydrogen-bond donors (Lipinski definition) is 1. The highest BCUT2D eigenvalue weighted by Crippen LogP contribution is 2.35. The van der Waals surface area contributed by atoms with Gasteiger partial charge in [-0.05, 0) is 57.2 Å². The van der Waals surface area contributed by atoms with Gasteiger partial charge in [-0.2, -0.15) is 0 Å². The van der Waals surface area contributed by atoms with Crippen molar-refractivity contribution in [3.63, 3.8) is 0 Å². The second-order valence-corrected chi connectivity index (χ2v) is 10.1. The average molecular weight is 538 g/mol. The number of anilines is 1. The number of ether oxygens (including phenoxy) is 1. The van der Waals surface area contributed by atoms with E-state index in [9.17, 15) is 9.59 Å². The van der Waals surface area contributed by atoms with E-state index in [1.807, 2.05) is 0 Å². The zero-order valence-electron chi connectivity index (χ0n) is 20.5. The molecule has 0 atom stereocenters. The predicted octanol–water partition coefficient (Wildman–Crippen LogP) is 7.35. The molecule has 0 fully saturated rings. The number of Topliss-reactive ketones (excluding diaryl/α,β-unsaturated/α-hetero) is 1. The summed E-state index contributed by atoms with van der Waals surface area (Å²) in [5, 5.41) is 8.26. The molecule has 0 bridgehead atoms. The van der Waals surface area contributed by atoms with Gasteiger partial charge in [0.25, 0.3) is 0 Å². The molecule has 0 aliphatic heterocycles. The number of nitrogens with one attached hydrogen (secondary N) is 1. The van der Waals surface area contributed by atoms with Crippen LogP contribution in [0.5, 0.6) is 0 Å². The van der Waals surface area contributed by atoms with Gasteiger partial charge in [0.05, 0.1) is 15.6 Å². The lowest BCUT2D eigenvalue weighted by Crippen LogP contribution is -2.23. The molecule has 1 N–H and O–H groups in total. The normalized spacial score (nSPS) is 11.3. The molecule has 0 aliphatic rings. The Morgan fingerprint density at radius 1 is 0.946 bits per heavy atom. The van der Waals surface area contributed by atoms with Crippen molar-refractivity contribution in [2.45, 2.75) is 32.8 Å². The summed E-state index contributed by atoms with van der Waals surface area (Å²) in [5.41, 5.74) is 2.78. The maximum absolute atomic E-state index is 12.6. The zero-order valence-corrected chi connectivity index (χ0v) is 22.1. The van der Waals surface area contributed by atoms with Gasteiger partial charge < -0.3 is 14.6 Å². The van der Waals surface area contributed by atoms with E-state index in [-0.39, 0.29) is 12.2 Å². The molecule has 9 heteroatoms. The number of nitrogens with zero attached hydrogens (tertiary/aromatic N) is 2. The first-order valence-electron chi connectivity index (χ1n) is 11.6. The van der Waals surface area contributed by atoms with Gasteiger partial charge in [0, 0.05) is 42.0 Å². The van der Waals surface area contributed by atoms with Gasteiger partial charge in [0.15, 0.2) is 11.5 Å². The van der Waals surface area contributed by atoms with Crippen molar-refractivity contribution in [2.24, 2.45) is 0 Å². The van der Waals surface area contributed by atoms with Gasteiger partial charge >= 0.3 is 5.97 Å². The van der Waals surface area contributed by atoms with Gasteiger partial charge in [0.1, 0.15) is 17.0 Å². The number of rotatable bonds is 8. The summed E-state index contributed by atoms with van der Waals surface area (Å²) in [6, 6.07) is 17.0. The number of pyridine rings is 1. The SMILES string of the molecule is CC(C)(C)OC(=O)c1ccc(C(=O)CCNc2ccnc(-c3cc(-c4c(Cl)cccc4Cl)no3)c2)cc1. The van der Waals surface area contributed by atoms with Gasteiger partial charge in [-0.1, -0.05) is 46.6 Å². The molecule has 0 amide bonds. The van der Waals surface area contributed by atoms with Crippen LogP contribution in [0.4, 0.5) is 5.69 Å². The molecular weight excluding hydrogens is 513 g/mol. The molecule has 2 aromatic carbocycles. The highest BCUT2D eigenvalue weighted by atomic mass is 35.5. The van der Waals surface area contributed by atoms with Crippen LogP contribution < -0.4 is 5.32 Å². The van der Waals surface area contributed by atoms with E-state index in [1.165, 1.54) is 0 Å². The van der Waals surface area contributed by atoms with Crippen molar-refractivity contribution in [1.82, 2.24) is 10.1 Å². The Labute approximate surface area is 224 Å². The number of carbonyl (C=O) groups is 2. The van der Waals surface area contributed by atoms with Gasteiger partial charge in [-0.3, -0.25) is 9.78 Å². The Morgan fingerprint density at radius 3 is 2.30 bits per heavy atom. The minimum atomic E-state index is -0.580. The fourth-order valence-corrected chi connectivity index (χ4v) is 4.12. The summed E-state index contributed by atoms with van der Waals surface area (Å²) >= 11 is 12.6. The Balaban J connectivity index is 1.36. The molecule has 190 valence electrons. The Hall–Kier alpha value is -3.68. The molecule has 4 rings (SSSR count). The third kappa shape index (κ3) is 6.76. The van der Waals surface area contributed by atoms with Crippen LogP contribution in [0.3, 0.4) is 0 Å². The Morgan fingerprint density at radius 2 is 1.62 bits per heavy atom. The topological polar surface area (TPSA) is 94.3 Å². The van der Waals surface area contributed by atoms with Crippen LogP contribution in [0.1, 0.15) is 47.9 Å². The first-order valence-corrected chi connectivity index (χ1v) is 12.3. The van der Waals surface area contributed by atoms with Crippen LogP contribution >= 0.6 is 23.2 Å². The number of benzene rings is 2. The summed E-state index contributed by atoms with van der Waals surface area (Å²) in [6.07, 6.45) is 1.90. The molecule has 0 aliphatic carbocycles. The van der Waals surface area contributed by atoms with E-state index in [0.29, 0.717) is 50.4 Å². The van der Waals surface area contributed by atoms with Crippen LogP contribution in [0.15, 0.2) is 71.4 Å². The highest BCUT2D eigenvalue weighted by molar-refractivity contribution is 6.39. The number of carbonyl (C=O) groups excluding carboxylic acids is 2. The van der Waals surface area contributed by atoms with Crippen LogP contribution in [-0.2, 0) is 4.74 Å². The molecule has 4 aromatic rings. The van der Waals surface area contributed by atoms with Crippen LogP contribution in [0, 0.1) is 0 Å². The third-order valence-electron chi connectivity index (χ3n) is 5.26. The lowest BCUT2D eigenvalue weighted by Gasteiger charge is -2.19. The molecule has 0 saturated carbocycles. The third-order valence-corrected chi connectivity index (χ3v) is 5.89. The molecule has 0 spiro atoms. The number of halogens is 2. The standard InChI is InChI=1S/C28H25Cl2N3O4/c1-28(2,3)36-27(35)18-9-7-17(8-10-18)24(34)12-14-31-19-11-13-32-22(15-19)25-16-23(33-37-25)26-20(29)5-4-6-21(26)30/h4-11,13,15-16H,12,14H2,1-3H3,(H,31,32). The lowest BCUT2D eigenvalue weighted by molar-refractivity contribution is 0.00693. The maximum atomic E-state index is 12.6. The number of hydrogen-bond acceptors (Lipinski definition) is 7. The quantitative estimate of drug-likeness (QED) is 0.185. The fourth-order valence-electron chi connectivity index (χ4n) is 3.53. The van der Waals surface area contributed by atoms with Crippen molar-refractivity contribution < 1.29 is 18.8 Å². The van der Waals surface area contributed by atoms with Crippen molar-refractivity contribution in [1.29, 1.82) is 0 Å². The minimum absolute atomic E-state index is 0.0472. The lowest BCUT2D eigenvalue weighted by atomic mass is 10.1. The number of esters is 1. The minimum Gasteiger partial charge on any atom is -0.456 e. The van der Waals surface area contributed by atoms with E-state index >= 15 is 0 Å².